The van der Waals surface area contributed by atoms with Gasteiger partial charge in [-0.3, -0.25) is 4.57 Å². The number of aromatic nitrogens is 2. The number of amidine groups is 1. The van der Waals surface area contributed by atoms with Gasteiger partial charge in [-0.25, -0.2) is 9.98 Å². The van der Waals surface area contributed by atoms with Crippen molar-refractivity contribution in [2.24, 2.45) is 4.99 Å². The molecule has 2 N–H and O–H groups in total. The fourth-order valence-corrected chi connectivity index (χ4v) is 5.81. The SMILES string of the molecule is COc1cc2nc3n(c2cc1OC)C(O)(CSC1=Nc2ccccc2CN1)CS3. The maximum atomic E-state index is 11.5. The molecular formula is C20H20N4O3S2. The molecule has 0 amide bonds. The zero-order valence-corrected chi connectivity index (χ0v) is 17.6. The van der Waals surface area contributed by atoms with Crippen LogP contribution in [-0.4, -0.2) is 45.6 Å². The van der Waals surface area contributed by atoms with Gasteiger partial charge in [0.05, 0.1) is 42.4 Å². The van der Waals surface area contributed by atoms with E-state index in [0.29, 0.717) is 23.0 Å². The minimum Gasteiger partial charge on any atom is -0.493 e. The average Bonchev–Trinajstić information content (AvgIpc) is 3.28. The van der Waals surface area contributed by atoms with Crippen LogP contribution in [0.15, 0.2) is 46.5 Å². The van der Waals surface area contributed by atoms with Crippen LogP contribution in [0.3, 0.4) is 0 Å². The maximum absolute atomic E-state index is 11.5. The summed E-state index contributed by atoms with van der Waals surface area (Å²) in [4.78, 5) is 9.36. The second-order valence-corrected chi connectivity index (χ2v) is 8.79. The molecule has 3 aromatic rings. The predicted molar refractivity (Wildman–Crippen MR) is 117 cm³/mol. The van der Waals surface area contributed by atoms with Crippen LogP contribution in [0.4, 0.5) is 5.69 Å². The van der Waals surface area contributed by atoms with Crippen LogP contribution in [0.25, 0.3) is 11.0 Å². The predicted octanol–water partition coefficient (Wildman–Crippen LogP) is 3.33. The van der Waals surface area contributed by atoms with Crippen molar-refractivity contribution in [1.29, 1.82) is 0 Å². The third-order valence-electron chi connectivity index (χ3n) is 5.06. The lowest BCUT2D eigenvalue weighted by Gasteiger charge is -2.26. The van der Waals surface area contributed by atoms with E-state index in [-0.39, 0.29) is 0 Å². The molecule has 0 saturated carbocycles. The molecule has 1 aromatic heterocycles. The van der Waals surface area contributed by atoms with Crippen LogP contribution in [0.5, 0.6) is 11.5 Å². The molecule has 3 heterocycles. The molecule has 9 heteroatoms. The number of thioether (sulfide) groups is 2. The number of rotatable bonds is 4. The van der Waals surface area contributed by atoms with Gasteiger partial charge in [0.25, 0.3) is 0 Å². The molecule has 0 radical (unpaired) electrons. The van der Waals surface area contributed by atoms with Crippen molar-refractivity contribution in [3.63, 3.8) is 0 Å². The first kappa shape index (κ1) is 18.7. The first-order valence-corrected chi connectivity index (χ1v) is 11.1. The molecule has 5 rings (SSSR count). The lowest BCUT2D eigenvalue weighted by atomic mass is 10.1. The summed E-state index contributed by atoms with van der Waals surface area (Å²) in [6, 6.07) is 11.8. The summed E-state index contributed by atoms with van der Waals surface area (Å²) in [7, 11) is 3.21. The Labute approximate surface area is 176 Å². The molecule has 1 unspecified atom stereocenters. The quantitative estimate of drug-likeness (QED) is 0.660. The van der Waals surface area contributed by atoms with Crippen molar-refractivity contribution in [1.82, 2.24) is 14.9 Å². The van der Waals surface area contributed by atoms with Crippen LogP contribution in [-0.2, 0) is 12.3 Å². The zero-order valence-electron chi connectivity index (χ0n) is 16.0. The number of hydrogen-bond acceptors (Lipinski definition) is 8. The Kier molecular flexibility index (Phi) is 4.60. The first-order chi connectivity index (χ1) is 14.1. The van der Waals surface area contributed by atoms with E-state index in [0.717, 1.165) is 33.6 Å². The molecule has 0 fully saturated rings. The lowest BCUT2D eigenvalue weighted by Crippen LogP contribution is -2.37. The molecule has 2 aliphatic rings. The monoisotopic (exact) mass is 428 g/mol. The second-order valence-electron chi connectivity index (χ2n) is 6.88. The number of methoxy groups -OCH3 is 2. The van der Waals surface area contributed by atoms with E-state index in [1.807, 2.05) is 34.9 Å². The van der Waals surface area contributed by atoms with Crippen LogP contribution >= 0.6 is 23.5 Å². The highest BCUT2D eigenvalue weighted by Gasteiger charge is 2.40. The maximum Gasteiger partial charge on any atom is 0.171 e. The van der Waals surface area contributed by atoms with Gasteiger partial charge in [-0.05, 0) is 11.6 Å². The first-order valence-electron chi connectivity index (χ1n) is 9.15. The van der Waals surface area contributed by atoms with Gasteiger partial charge < -0.3 is 19.9 Å². The highest BCUT2D eigenvalue weighted by Crippen LogP contribution is 2.43. The van der Waals surface area contributed by atoms with Gasteiger partial charge in [-0.15, -0.1) is 0 Å². The highest BCUT2D eigenvalue weighted by atomic mass is 32.2. The largest absolute Gasteiger partial charge is 0.493 e. The summed E-state index contributed by atoms with van der Waals surface area (Å²) in [6.45, 7) is 0.742. The minimum absolute atomic E-state index is 0.459. The second kappa shape index (κ2) is 7.16. The zero-order chi connectivity index (χ0) is 20.0. The molecule has 0 saturated heterocycles. The summed E-state index contributed by atoms with van der Waals surface area (Å²) in [5.41, 5.74) is 2.69. The Morgan fingerprint density at radius 3 is 2.86 bits per heavy atom. The molecule has 2 aliphatic heterocycles. The van der Waals surface area contributed by atoms with Gasteiger partial charge in [0.2, 0.25) is 0 Å². The Bertz CT molecular complexity index is 1130. The third kappa shape index (κ3) is 3.13. The number of nitrogens with zero attached hydrogens (tertiary/aromatic N) is 3. The summed E-state index contributed by atoms with van der Waals surface area (Å²) < 4.78 is 12.7. The van der Waals surface area contributed by atoms with E-state index in [9.17, 15) is 5.11 Å². The van der Waals surface area contributed by atoms with E-state index < -0.39 is 5.72 Å². The summed E-state index contributed by atoms with van der Waals surface area (Å²) in [5.74, 6) is 2.24. The van der Waals surface area contributed by atoms with Crippen molar-refractivity contribution < 1.29 is 14.6 Å². The minimum atomic E-state index is -1.07. The van der Waals surface area contributed by atoms with E-state index in [1.165, 1.54) is 17.3 Å². The molecule has 150 valence electrons. The van der Waals surface area contributed by atoms with Gasteiger partial charge in [0.15, 0.2) is 27.5 Å². The lowest BCUT2D eigenvalue weighted by molar-refractivity contribution is 0.0151. The number of nitrogens with one attached hydrogen (secondary N) is 1. The molecule has 0 spiro atoms. The fraction of sp³-hybridized carbons (Fsp3) is 0.300. The molecule has 0 bridgehead atoms. The van der Waals surface area contributed by atoms with E-state index in [1.54, 1.807) is 26.0 Å². The topological polar surface area (TPSA) is 80.9 Å². The van der Waals surface area contributed by atoms with Crippen LogP contribution in [0.2, 0.25) is 0 Å². The molecule has 7 nitrogen and oxygen atoms in total. The van der Waals surface area contributed by atoms with Crippen molar-refractivity contribution in [2.45, 2.75) is 17.4 Å². The van der Waals surface area contributed by atoms with Gasteiger partial charge >= 0.3 is 0 Å². The third-order valence-corrected chi connectivity index (χ3v) is 7.32. The van der Waals surface area contributed by atoms with E-state index >= 15 is 0 Å². The van der Waals surface area contributed by atoms with E-state index in [4.69, 9.17) is 9.47 Å². The fourth-order valence-electron chi connectivity index (χ4n) is 3.59. The Morgan fingerprint density at radius 1 is 1.24 bits per heavy atom. The number of hydrogen-bond donors (Lipinski definition) is 2. The normalized spacial score (nSPS) is 20.0. The average molecular weight is 429 g/mol. The van der Waals surface area contributed by atoms with Gasteiger partial charge in [-0.2, -0.15) is 0 Å². The standard InChI is InChI=1S/C20H20N4O3S2/c1-26-16-7-14-15(8-17(16)27-2)24-19(23-14)29-11-20(24,25)10-28-18-21-9-12-5-3-4-6-13(12)22-18/h3-8,25H,9-11H2,1-2H3,(H,21,22). The molecule has 2 aromatic carbocycles. The smallest absolute Gasteiger partial charge is 0.171 e. The van der Waals surface area contributed by atoms with Gasteiger partial charge in [0.1, 0.15) is 0 Å². The van der Waals surface area contributed by atoms with Crippen molar-refractivity contribution in [2.75, 3.05) is 25.7 Å². The van der Waals surface area contributed by atoms with Gasteiger partial charge in [-0.1, -0.05) is 41.7 Å². The van der Waals surface area contributed by atoms with Crippen LogP contribution in [0.1, 0.15) is 5.56 Å². The van der Waals surface area contributed by atoms with Crippen LogP contribution < -0.4 is 14.8 Å². The number of para-hydroxylation sites is 1. The number of fused-ring (bicyclic) bond motifs is 4. The Morgan fingerprint density at radius 2 is 2.03 bits per heavy atom. The molecular weight excluding hydrogens is 408 g/mol. The van der Waals surface area contributed by atoms with Crippen molar-refractivity contribution >= 4 is 45.4 Å². The number of aliphatic hydroxyl groups is 1. The van der Waals surface area contributed by atoms with Crippen LogP contribution in [0, 0.1) is 0 Å². The molecule has 0 aliphatic carbocycles. The number of ether oxygens (including phenoxy) is 2. The molecule has 1 atom stereocenters. The molecule has 29 heavy (non-hydrogen) atoms. The number of imidazole rings is 1. The number of aliphatic imine (C=N–C) groups is 1. The Balaban J connectivity index is 1.45. The summed E-state index contributed by atoms with van der Waals surface area (Å²) >= 11 is 3.07. The van der Waals surface area contributed by atoms with Crippen molar-refractivity contribution in [3.05, 3.63) is 42.0 Å². The summed E-state index contributed by atoms with van der Waals surface area (Å²) in [6.07, 6.45) is 0. The van der Waals surface area contributed by atoms with Gasteiger partial charge in [0, 0.05) is 18.7 Å². The Hall–Kier alpha value is -2.36. The van der Waals surface area contributed by atoms with Crippen molar-refractivity contribution in [3.8, 4) is 11.5 Å². The highest BCUT2D eigenvalue weighted by molar-refractivity contribution is 8.13. The summed E-state index contributed by atoms with van der Waals surface area (Å²) in [5, 5.41) is 16.4. The number of benzene rings is 2. The van der Waals surface area contributed by atoms with E-state index in [2.05, 4.69) is 21.4 Å².